The van der Waals surface area contributed by atoms with E-state index in [0.717, 1.165) is 0 Å². The predicted octanol–water partition coefficient (Wildman–Crippen LogP) is 3.83. The molecule has 0 amide bonds. The monoisotopic (exact) mass is 370 g/mol. The van der Waals surface area contributed by atoms with Crippen molar-refractivity contribution in [3.63, 3.8) is 0 Å². The van der Waals surface area contributed by atoms with E-state index in [1.165, 1.54) is 30.3 Å². The summed E-state index contributed by atoms with van der Waals surface area (Å²) in [6, 6.07) is 14.4. The van der Waals surface area contributed by atoms with Crippen molar-refractivity contribution in [2.45, 2.75) is 6.04 Å². The highest BCUT2D eigenvalue weighted by Gasteiger charge is 2.23. The quantitative estimate of drug-likeness (QED) is 0.506. The van der Waals surface area contributed by atoms with Gasteiger partial charge in [0.25, 0.3) is 0 Å². The maximum atomic E-state index is 13.0. The number of rotatable bonds is 6. The molecular formula is C18H12ClFN4O2. The van der Waals surface area contributed by atoms with Gasteiger partial charge >= 0.3 is 0 Å². The Balaban J connectivity index is 1.71. The van der Waals surface area contributed by atoms with Crippen LogP contribution >= 0.6 is 11.6 Å². The fourth-order valence-electron chi connectivity index (χ4n) is 2.17. The van der Waals surface area contributed by atoms with Gasteiger partial charge in [0.1, 0.15) is 5.82 Å². The molecule has 0 fully saturated rings. The number of Topliss-reactive ketones (excluding diaryl/α,β-unsaturated/α-hetero) is 1. The maximum absolute atomic E-state index is 13.0. The highest BCUT2D eigenvalue weighted by molar-refractivity contribution is 6.30. The number of halogens is 2. The largest absolute Gasteiger partial charge is 0.356 e. The molecule has 3 aromatic rings. The SMILES string of the molecule is N#CC(NNc1cccc(Cl)c1)C(=O)c1cc(-c2ccc(F)cc2)on1. The standard InChI is InChI=1S/C18H12ClFN4O2/c19-12-2-1-3-14(8-12)22-23-16(10-21)18(25)15-9-17(26-24-15)11-4-6-13(20)7-5-11/h1-9,16,22-23H. The van der Waals surface area contributed by atoms with E-state index in [0.29, 0.717) is 22.0 Å². The minimum atomic E-state index is -1.19. The van der Waals surface area contributed by atoms with Gasteiger partial charge in [0.2, 0.25) is 5.78 Å². The van der Waals surface area contributed by atoms with E-state index in [2.05, 4.69) is 16.0 Å². The number of anilines is 1. The van der Waals surface area contributed by atoms with E-state index < -0.39 is 11.8 Å². The van der Waals surface area contributed by atoms with Crippen LogP contribution in [0.1, 0.15) is 10.5 Å². The molecule has 1 aromatic heterocycles. The zero-order chi connectivity index (χ0) is 18.5. The highest BCUT2D eigenvalue weighted by Crippen LogP contribution is 2.21. The first-order valence-corrected chi connectivity index (χ1v) is 7.88. The van der Waals surface area contributed by atoms with Crippen molar-refractivity contribution in [3.8, 4) is 17.4 Å². The van der Waals surface area contributed by atoms with Crippen LogP contribution < -0.4 is 10.9 Å². The molecule has 0 bridgehead atoms. The van der Waals surface area contributed by atoms with Crippen molar-refractivity contribution < 1.29 is 13.7 Å². The Morgan fingerprint density at radius 1 is 1.23 bits per heavy atom. The third kappa shape index (κ3) is 4.06. The summed E-state index contributed by atoms with van der Waals surface area (Å²) < 4.78 is 18.1. The van der Waals surface area contributed by atoms with Crippen LogP contribution in [0.15, 0.2) is 59.1 Å². The van der Waals surface area contributed by atoms with Gasteiger partial charge in [0, 0.05) is 16.7 Å². The molecule has 1 heterocycles. The lowest BCUT2D eigenvalue weighted by atomic mass is 10.1. The Morgan fingerprint density at radius 2 is 2.00 bits per heavy atom. The molecule has 2 N–H and O–H groups in total. The zero-order valence-electron chi connectivity index (χ0n) is 13.2. The molecule has 26 heavy (non-hydrogen) atoms. The van der Waals surface area contributed by atoms with Gasteiger partial charge in [-0.05, 0) is 42.5 Å². The number of aromatic nitrogens is 1. The van der Waals surface area contributed by atoms with Crippen molar-refractivity contribution in [2.24, 2.45) is 0 Å². The number of hydrogen-bond acceptors (Lipinski definition) is 6. The number of carbonyl (C=O) groups is 1. The summed E-state index contributed by atoms with van der Waals surface area (Å²) in [5.41, 5.74) is 6.52. The molecule has 1 unspecified atom stereocenters. The second-order valence-electron chi connectivity index (χ2n) is 5.29. The minimum absolute atomic E-state index is 0.0173. The Morgan fingerprint density at radius 3 is 2.69 bits per heavy atom. The van der Waals surface area contributed by atoms with Crippen LogP contribution in [0.4, 0.5) is 10.1 Å². The lowest BCUT2D eigenvalue weighted by Crippen LogP contribution is -2.39. The molecule has 0 saturated carbocycles. The molecule has 6 nitrogen and oxygen atoms in total. The van der Waals surface area contributed by atoms with Gasteiger partial charge in [-0.25, -0.2) is 9.82 Å². The summed E-state index contributed by atoms with van der Waals surface area (Å²) in [4.78, 5) is 12.4. The first-order valence-electron chi connectivity index (χ1n) is 7.50. The Bertz CT molecular complexity index is 966. The van der Waals surface area contributed by atoms with Crippen molar-refractivity contribution >= 4 is 23.1 Å². The second kappa shape index (κ2) is 7.78. The number of hydrazine groups is 1. The highest BCUT2D eigenvalue weighted by atomic mass is 35.5. The van der Waals surface area contributed by atoms with Crippen molar-refractivity contribution in [1.82, 2.24) is 10.6 Å². The van der Waals surface area contributed by atoms with E-state index >= 15 is 0 Å². The fraction of sp³-hybridized carbons (Fsp3) is 0.0556. The van der Waals surface area contributed by atoms with Gasteiger partial charge in [-0.3, -0.25) is 4.79 Å². The Hall–Kier alpha value is -3.21. The molecule has 0 saturated heterocycles. The lowest BCUT2D eigenvalue weighted by molar-refractivity contribution is 0.0960. The molecule has 1 atom stereocenters. The normalized spacial score (nSPS) is 11.6. The van der Waals surface area contributed by atoms with Crippen LogP contribution in [0.5, 0.6) is 0 Å². The molecule has 0 spiro atoms. The number of nitriles is 1. The topological polar surface area (TPSA) is 91.0 Å². The first kappa shape index (κ1) is 17.6. The summed E-state index contributed by atoms with van der Waals surface area (Å²) in [6.45, 7) is 0. The van der Waals surface area contributed by atoms with E-state index in [1.54, 1.807) is 24.3 Å². The van der Waals surface area contributed by atoms with Crippen LogP contribution in [-0.2, 0) is 0 Å². The Labute approximate surface area is 153 Å². The number of benzene rings is 2. The third-order valence-corrected chi connectivity index (χ3v) is 3.70. The smallest absolute Gasteiger partial charge is 0.217 e. The minimum Gasteiger partial charge on any atom is -0.356 e. The van der Waals surface area contributed by atoms with Crippen molar-refractivity contribution in [2.75, 3.05) is 5.43 Å². The fourth-order valence-corrected chi connectivity index (χ4v) is 2.36. The number of hydrogen-bond donors (Lipinski definition) is 2. The average Bonchev–Trinajstić information content (AvgIpc) is 3.13. The average molecular weight is 371 g/mol. The van der Waals surface area contributed by atoms with Crippen LogP contribution in [0.2, 0.25) is 5.02 Å². The summed E-state index contributed by atoms with van der Waals surface area (Å²) in [5, 5.41) is 13.5. The molecule has 2 aromatic carbocycles. The van der Waals surface area contributed by atoms with Crippen molar-refractivity contribution in [3.05, 3.63) is 71.1 Å². The van der Waals surface area contributed by atoms with Gasteiger partial charge in [-0.2, -0.15) is 5.26 Å². The molecule has 0 aliphatic carbocycles. The predicted molar refractivity (Wildman–Crippen MR) is 93.8 cm³/mol. The molecule has 0 aliphatic rings. The molecule has 0 aliphatic heterocycles. The Kier molecular flexibility index (Phi) is 5.27. The van der Waals surface area contributed by atoms with Gasteiger partial charge < -0.3 is 9.95 Å². The van der Waals surface area contributed by atoms with Gasteiger partial charge in [-0.15, -0.1) is 0 Å². The summed E-state index contributed by atoms with van der Waals surface area (Å²) in [6.07, 6.45) is 0. The van der Waals surface area contributed by atoms with E-state index in [-0.39, 0.29) is 11.5 Å². The van der Waals surface area contributed by atoms with Gasteiger partial charge in [-0.1, -0.05) is 22.8 Å². The van der Waals surface area contributed by atoms with Gasteiger partial charge in [0.15, 0.2) is 17.5 Å². The van der Waals surface area contributed by atoms with Crippen LogP contribution in [0, 0.1) is 17.1 Å². The summed E-state index contributed by atoms with van der Waals surface area (Å²) >= 11 is 5.88. The second-order valence-corrected chi connectivity index (χ2v) is 5.73. The number of carbonyl (C=O) groups excluding carboxylic acids is 1. The van der Waals surface area contributed by atoms with E-state index in [1.807, 2.05) is 6.07 Å². The molecular weight excluding hydrogens is 359 g/mol. The summed E-state index contributed by atoms with van der Waals surface area (Å²) in [5.74, 6) is -0.655. The maximum Gasteiger partial charge on any atom is 0.217 e. The van der Waals surface area contributed by atoms with Crippen LogP contribution in [0.3, 0.4) is 0 Å². The van der Waals surface area contributed by atoms with Gasteiger partial charge in [0.05, 0.1) is 11.8 Å². The number of ketones is 1. The first-order chi connectivity index (χ1) is 12.6. The van der Waals surface area contributed by atoms with Crippen LogP contribution in [-0.4, -0.2) is 17.0 Å². The summed E-state index contributed by atoms with van der Waals surface area (Å²) in [7, 11) is 0. The number of nitrogens with zero attached hydrogens (tertiary/aromatic N) is 2. The number of nitrogens with one attached hydrogen (secondary N) is 2. The van der Waals surface area contributed by atoms with E-state index in [4.69, 9.17) is 16.1 Å². The molecule has 3 rings (SSSR count). The van der Waals surface area contributed by atoms with E-state index in [9.17, 15) is 14.4 Å². The van der Waals surface area contributed by atoms with Crippen LogP contribution in [0.25, 0.3) is 11.3 Å². The molecule has 8 heteroatoms. The molecule has 130 valence electrons. The third-order valence-electron chi connectivity index (χ3n) is 3.47. The zero-order valence-corrected chi connectivity index (χ0v) is 14.0. The molecule has 0 radical (unpaired) electrons. The lowest BCUT2D eigenvalue weighted by Gasteiger charge is -2.11. The van der Waals surface area contributed by atoms with Crippen molar-refractivity contribution in [1.29, 1.82) is 5.26 Å².